The maximum atomic E-state index is 13.8. The minimum absolute atomic E-state index is 0.200. The number of nitrogens with one attached hydrogen (secondary N) is 3. The van der Waals surface area contributed by atoms with Crippen molar-refractivity contribution in [3.05, 3.63) is 66.3 Å². The average molecular weight is 688 g/mol. The van der Waals surface area contributed by atoms with E-state index in [4.69, 9.17) is 4.42 Å². The molecule has 0 spiro atoms. The van der Waals surface area contributed by atoms with Crippen LogP contribution in [0.15, 0.2) is 59.1 Å². The van der Waals surface area contributed by atoms with E-state index in [1.807, 2.05) is 45.9 Å². The van der Waals surface area contributed by atoms with Crippen molar-refractivity contribution >= 4 is 29.4 Å². The Balaban J connectivity index is 1.31. The number of carbonyl (C=O) groups excluding carboxylic acids is 5. The van der Waals surface area contributed by atoms with Gasteiger partial charge in [-0.3, -0.25) is 29.0 Å². The van der Waals surface area contributed by atoms with Gasteiger partial charge in [0.2, 0.25) is 29.4 Å². The molecule has 268 valence electrons. The summed E-state index contributed by atoms with van der Waals surface area (Å²) < 4.78 is 5.66. The molecule has 3 heterocycles. The van der Waals surface area contributed by atoms with Gasteiger partial charge in [0.15, 0.2) is 0 Å². The number of likely N-dealkylation sites (tertiary alicyclic amines) is 1. The molecular formula is C37H49N7O6. The Bertz CT molecular complexity index is 1620. The molecule has 3 atom stereocenters. The minimum atomic E-state index is -0.946. The minimum Gasteiger partial charge on any atom is -0.414 e. The molecule has 4 amide bonds. The molecule has 1 aliphatic rings. The van der Waals surface area contributed by atoms with E-state index in [2.05, 4.69) is 31.1 Å². The summed E-state index contributed by atoms with van der Waals surface area (Å²) in [6.07, 6.45) is 4.73. The summed E-state index contributed by atoms with van der Waals surface area (Å²) in [5.41, 5.74) is 0.516. The number of hydrogen-bond acceptors (Lipinski definition) is 9. The van der Waals surface area contributed by atoms with Crippen molar-refractivity contribution in [2.75, 3.05) is 6.54 Å². The van der Waals surface area contributed by atoms with Crippen LogP contribution in [0.5, 0.6) is 0 Å². The second-order valence-corrected chi connectivity index (χ2v) is 14.1. The van der Waals surface area contributed by atoms with Gasteiger partial charge in [-0.05, 0) is 75.6 Å². The van der Waals surface area contributed by atoms with Crippen LogP contribution in [0.25, 0.3) is 11.5 Å². The first-order valence-corrected chi connectivity index (χ1v) is 17.3. The van der Waals surface area contributed by atoms with Crippen LogP contribution in [-0.4, -0.2) is 79.7 Å². The van der Waals surface area contributed by atoms with Gasteiger partial charge in [0.25, 0.3) is 11.8 Å². The zero-order valence-electron chi connectivity index (χ0n) is 29.8. The van der Waals surface area contributed by atoms with Crippen LogP contribution in [0.2, 0.25) is 0 Å². The number of hydrogen-bond donors (Lipinski definition) is 3. The molecule has 13 nitrogen and oxygen atoms in total. The number of benzene rings is 1. The first kappa shape index (κ1) is 37.9. The van der Waals surface area contributed by atoms with Crippen LogP contribution in [0.1, 0.15) is 101 Å². The Morgan fingerprint density at radius 1 is 0.900 bits per heavy atom. The normalized spacial score (nSPS) is 15.8. The van der Waals surface area contributed by atoms with E-state index in [-0.39, 0.29) is 47.8 Å². The monoisotopic (exact) mass is 687 g/mol. The maximum absolute atomic E-state index is 13.8. The predicted octanol–water partition coefficient (Wildman–Crippen LogP) is 4.36. The van der Waals surface area contributed by atoms with Gasteiger partial charge in [-0.1, -0.05) is 58.4 Å². The fraction of sp³-hybridized carbons (Fsp3) is 0.514. The SMILES string of the molecule is CC(C)C(NC(=O)C1CCCN1C(=O)C(NC(=O)CCCCC(C)(C)NC(=O)c1ccccn1)C(C)C)C(=O)c1nnc(-c2ccccc2)o1. The van der Waals surface area contributed by atoms with Crippen molar-refractivity contribution in [3.63, 3.8) is 0 Å². The van der Waals surface area contributed by atoms with Crippen LogP contribution in [0, 0.1) is 11.8 Å². The Morgan fingerprint density at radius 3 is 2.26 bits per heavy atom. The predicted molar refractivity (Wildman–Crippen MR) is 187 cm³/mol. The van der Waals surface area contributed by atoms with Crippen molar-refractivity contribution in [2.24, 2.45) is 11.8 Å². The Labute approximate surface area is 293 Å². The first-order valence-electron chi connectivity index (χ1n) is 17.3. The number of rotatable bonds is 16. The highest BCUT2D eigenvalue weighted by Gasteiger charge is 2.40. The van der Waals surface area contributed by atoms with Crippen LogP contribution in [-0.2, 0) is 14.4 Å². The summed E-state index contributed by atoms with van der Waals surface area (Å²) in [5, 5.41) is 16.7. The van der Waals surface area contributed by atoms with Gasteiger partial charge in [-0.25, -0.2) is 0 Å². The largest absolute Gasteiger partial charge is 0.414 e. The summed E-state index contributed by atoms with van der Waals surface area (Å²) in [5.74, 6) is -2.33. The lowest BCUT2D eigenvalue weighted by Crippen LogP contribution is -2.57. The topological polar surface area (TPSA) is 176 Å². The first-order chi connectivity index (χ1) is 23.8. The van der Waals surface area contributed by atoms with E-state index in [0.717, 1.165) is 0 Å². The molecule has 13 heteroatoms. The molecule has 0 aliphatic carbocycles. The molecule has 3 aromatic rings. The van der Waals surface area contributed by atoms with Gasteiger partial charge in [-0.15, -0.1) is 10.2 Å². The van der Waals surface area contributed by atoms with Gasteiger partial charge in [-0.2, -0.15) is 0 Å². The molecule has 1 aromatic carbocycles. The number of pyridine rings is 1. The molecule has 2 aromatic heterocycles. The lowest BCUT2D eigenvalue weighted by molar-refractivity contribution is -0.142. The number of aromatic nitrogens is 3. The van der Waals surface area contributed by atoms with Crippen LogP contribution in [0.4, 0.5) is 0 Å². The van der Waals surface area contributed by atoms with Gasteiger partial charge >= 0.3 is 0 Å². The van der Waals surface area contributed by atoms with E-state index >= 15 is 0 Å². The van der Waals surface area contributed by atoms with Crippen LogP contribution < -0.4 is 16.0 Å². The third-order valence-electron chi connectivity index (χ3n) is 8.80. The molecule has 50 heavy (non-hydrogen) atoms. The second kappa shape index (κ2) is 17.1. The number of carbonyl (C=O) groups is 5. The molecule has 1 aliphatic heterocycles. The molecule has 1 fully saturated rings. The lowest BCUT2D eigenvalue weighted by atomic mass is 9.96. The third-order valence-corrected chi connectivity index (χ3v) is 8.80. The second-order valence-electron chi connectivity index (χ2n) is 14.1. The van der Waals surface area contributed by atoms with E-state index in [9.17, 15) is 24.0 Å². The molecule has 1 saturated heterocycles. The highest BCUT2D eigenvalue weighted by molar-refractivity contribution is 6.00. The standard InChI is InChI=1S/C37H49N7O6/c1-23(2)29(31(46)35-43-42-34(50-35)25-15-8-7-9-16-25)40-33(48)27-18-14-22-44(27)36(49)30(24(3)4)39-28(45)19-10-12-20-37(5,6)41-32(47)26-17-11-13-21-38-26/h7-9,11,13,15-17,21,23-24,27,29-30H,10,12,14,18-20,22H2,1-6H3,(H,39,45)(H,40,48)(H,41,47). The van der Waals surface area contributed by atoms with E-state index in [0.29, 0.717) is 49.9 Å². The number of Topliss-reactive ketones (excluding diaryl/α,β-unsaturated/α-hetero) is 1. The fourth-order valence-electron chi connectivity index (χ4n) is 5.96. The molecule has 0 bridgehead atoms. The quantitative estimate of drug-likeness (QED) is 0.146. The van der Waals surface area contributed by atoms with Crippen LogP contribution in [0.3, 0.4) is 0 Å². The molecule has 0 saturated carbocycles. The Hall–Kier alpha value is -4.94. The molecule has 4 rings (SSSR count). The molecule has 3 N–H and O–H groups in total. The van der Waals surface area contributed by atoms with Gasteiger partial charge < -0.3 is 25.3 Å². The van der Waals surface area contributed by atoms with Gasteiger partial charge in [0, 0.05) is 30.3 Å². The summed E-state index contributed by atoms with van der Waals surface area (Å²) in [6.45, 7) is 11.5. The highest BCUT2D eigenvalue weighted by Crippen LogP contribution is 2.23. The Kier molecular flexibility index (Phi) is 13.0. The molecular weight excluding hydrogens is 638 g/mol. The van der Waals surface area contributed by atoms with Crippen molar-refractivity contribution < 1.29 is 28.4 Å². The summed E-state index contributed by atoms with van der Waals surface area (Å²) >= 11 is 0. The summed E-state index contributed by atoms with van der Waals surface area (Å²) in [7, 11) is 0. The van der Waals surface area contributed by atoms with E-state index < -0.39 is 35.4 Å². The zero-order chi connectivity index (χ0) is 36.4. The lowest BCUT2D eigenvalue weighted by Gasteiger charge is -2.31. The number of amides is 4. The van der Waals surface area contributed by atoms with E-state index in [1.54, 1.807) is 50.4 Å². The van der Waals surface area contributed by atoms with Gasteiger partial charge in [0.05, 0.1) is 6.04 Å². The smallest absolute Gasteiger partial charge is 0.286 e. The number of unbranched alkanes of at least 4 members (excludes halogenated alkanes) is 1. The van der Waals surface area contributed by atoms with Gasteiger partial charge in [0.1, 0.15) is 17.8 Å². The fourth-order valence-corrected chi connectivity index (χ4v) is 5.96. The van der Waals surface area contributed by atoms with Crippen molar-refractivity contribution in [2.45, 2.75) is 104 Å². The van der Waals surface area contributed by atoms with Crippen molar-refractivity contribution in [3.8, 4) is 11.5 Å². The number of ketones is 1. The highest BCUT2D eigenvalue weighted by atomic mass is 16.4. The Morgan fingerprint density at radius 2 is 1.60 bits per heavy atom. The average Bonchev–Trinajstić information content (AvgIpc) is 3.79. The van der Waals surface area contributed by atoms with Crippen molar-refractivity contribution in [1.29, 1.82) is 0 Å². The summed E-state index contributed by atoms with van der Waals surface area (Å²) in [6, 6.07) is 11.7. The molecule has 3 unspecified atom stereocenters. The van der Waals surface area contributed by atoms with Crippen LogP contribution >= 0.6 is 0 Å². The van der Waals surface area contributed by atoms with E-state index in [1.165, 1.54) is 4.90 Å². The number of nitrogens with zero attached hydrogens (tertiary/aromatic N) is 4. The summed E-state index contributed by atoms with van der Waals surface area (Å²) in [4.78, 5) is 72.0. The third kappa shape index (κ3) is 10.1. The van der Waals surface area contributed by atoms with Crippen molar-refractivity contribution in [1.82, 2.24) is 36.0 Å². The maximum Gasteiger partial charge on any atom is 0.286 e. The molecule has 0 radical (unpaired) electrons. The zero-order valence-corrected chi connectivity index (χ0v) is 29.8.